The van der Waals surface area contributed by atoms with Crippen molar-refractivity contribution in [3.63, 3.8) is 0 Å². The van der Waals surface area contributed by atoms with Gasteiger partial charge >= 0.3 is 0 Å². The number of aliphatic hydroxyl groups excluding tert-OH is 1. The highest BCUT2D eigenvalue weighted by atomic mass is 16.3. The summed E-state index contributed by atoms with van der Waals surface area (Å²) >= 11 is 0. The van der Waals surface area contributed by atoms with Crippen molar-refractivity contribution in [2.24, 2.45) is 5.92 Å². The summed E-state index contributed by atoms with van der Waals surface area (Å²) in [5.41, 5.74) is 0.950. The Hall–Kier alpha value is -1.88. The average Bonchev–Trinajstić information content (AvgIpc) is 2.60. The molecule has 1 saturated heterocycles. The van der Waals surface area contributed by atoms with E-state index in [1.807, 2.05) is 24.3 Å². The highest BCUT2D eigenvalue weighted by molar-refractivity contribution is 5.90. The third-order valence-electron chi connectivity index (χ3n) is 4.71. The molecule has 5 nitrogen and oxygen atoms in total. The predicted octanol–water partition coefficient (Wildman–Crippen LogP) is 3.05. The van der Waals surface area contributed by atoms with Crippen LogP contribution in [0, 0.1) is 5.92 Å². The zero-order chi connectivity index (χ0) is 16.2. The molecule has 1 aromatic carbocycles. The Kier molecular flexibility index (Phi) is 4.96. The smallest absolute Gasteiger partial charge is 0.227 e. The number of nitrogens with one attached hydrogen (secondary N) is 1. The van der Waals surface area contributed by atoms with Crippen LogP contribution in [0.25, 0.3) is 10.9 Å². The third-order valence-corrected chi connectivity index (χ3v) is 4.71. The molecule has 3 rings (SSSR count). The molecule has 0 aliphatic carbocycles. The molecule has 2 aromatic rings. The second-order valence-electron chi connectivity index (χ2n) is 6.49. The Morgan fingerprint density at radius 3 is 2.70 bits per heavy atom. The molecule has 0 bridgehead atoms. The van der Waals surface area contributed by atoms with Gasteiger partial charge in [-0.15, -0.1) is 0 Å². The summed E-state index contributed by atoms with van der Waals surface area (Å²) in [6.07, 6.45) is 3.23. The number of hydrogen-bond donors (Lipinski definition) is 2. The molecule has 1 unspecified atom stereocenters. The van der Waals surface area contributed by atoms with E-state index < -0.39 is 0 Å². The SMILES string of the molecule is CCC(CO)Nc1nc(N2CCC(C)CC2)nc2ccccc12. The van der Waals surface area contributed by atoms with Crippen LogP contribution in [0.3, 0.4) is 0 Å². The Labute approximate surface area is 137 Å². The summed E-state index contributed by atoms with van der Waals surface area (Å²) in [5.74, 6) is 2.40. The summed E-state index contributed by atoms with van der Waals surface area (Å²) in [4.78, 5) is 11.8. The van der Waals surface area contributed by atoms with Gasteiger partial charge in [-0.05, 0) is 37.3 Å². The summed E-state index contributed by atoms with van der Waals surface area (Å²) in [5, 5.41) is 13.9. The molecule has 1 aliphatic heterocycles. The predicted molar refractivity (Wildman–Crippen MR) is 94.9 cm³/mol. The lowest BCUT2D eigenvalue weighted by Gasteiger charge is -2.30. The van der Waals surface area contributed by atoms with Crippen LogP contribution in [-0.2, 0) is 0 Å². The Morgan fingerprint density at radius 1 is 1.26 bits per heavy atom. The third kappa shape index (κ3) is 3.55. The Bertz CT molecular complexity index is 649. The fraction of sp³-hybridized carbons (Fsp3) is 0.556. The first-order chi connectivity index (χ1) is 11.2. The molecule has 2 heterocycles. The van der Waals surface area contributed by atoms with Crippen molar-refractivity contribution in [3.05, 3.63) is 24.3 Å². The summed E-state index contributed by atoms with van der Waals surface area (Å²) < 4.78 is 0. The van der Waals surface area contributed by atoms with E-state index >= 15 is 0 Å². The van der Waals surface area contributed by atoms with Crippen molar-refractivity contribution in [2.45, 2.75) is 39.2 Å². The van der Waals surface area contributed by atoms with Gasteiger partial charge in [-0.25, -0.2) is 4.98 Å². The van der Waals surface area contributed by atoms with E-state index in [1.165, 1.54) is 12.8 Å². The van der Waals surface area contributed by atoms with Gasteiger partial charge in [0.2, 0.25) is 5.95 Å². The van der Waals surface area contributed by atoms with Crippen molar-refractivity contribution in [1.29, 1.82) is 0 Å². The first-order valence-electron chi connectivity index (χ1n) is 8.60. The van der Waals surface area contributed by atoms with Crippen LogP contribution in [0.2, 0.25) is 0 Å². The summed E-state index contributed by atoms with van der Waals surface area (Å²) in [6, 6.07) is 8.08. The van der Waals surface area contributed by atoms with E-state index in [9.17, 15) is 5.11 Å². The van der Waals surface area contributed by atoms with Gasteiger partial charge in [-0.3, -0.25) is 0 Å². The number of piperidine rings is 1. The highest BCUT2D eigenvalue weighted by Gasteiger charge is 2.20. The van der Waals surface area contributed by atoms with E-state index in [0.717, 1.165) is 48.1 Å². The number of rotatable bonds is 5. The minimum Gasteiger partial charge on any atom is -0.394 e. The number of benzene rings is 1. The first-order valence-corrected chi connectivity index (χ1v) is 8.60. The largest absolute Gasteiger partial charge is 0.394 e. The monoisotopic (exact) mass is 314 g/mol. The van der Waals surface area contributed by atoms with Gasteiger partial charge in [0.25, 0.3) is 0 Å². The summed E-state index contributed by atoms with van der Waals surface area (Å²) in [7, 11) is 0. The molecule has 0 spiro atoms. The number of nitrogens with zero attached hydrogens (tertiary/aromatic N) is 3. The molecule has 124 valence electrons. The molecule has 1 aliphatic rings. The molecule has 5 heteroatoms. The van der Waals surface area contributed by atoms with Crippen LogP contribution in [0.5, 0.6) is 0 Å². The van der Waals surface area contributed by atoms with Crippen LogP contribution in [0.1, 0.15) is 33.1 Å². The number of hydrogen-bond acceptors (Lipinski definition) is 5. The molecule has 1 atom stereocenters. The van der Waals surface area contributed by atoms with Crippen LogP contribution in [0.15, 0.2) is 24.3 Å². The average molecular weight is 314 g/mol. The van der Waals surface area contributed by atoms with E-state index in [2.05, 4.69) is 24.1 Å². The van der Waals surface area contributed by atoms with Crippen LogP contribution in [0.4, 0.5) is 11.8 Å². The van der Waals surface area contributed by atoms with Gasteiger partial charge in [-0.2, -0.15) is 4.98 Å². The van der Waals surface area contributed by atoms with Crippen molar-refractivity contribution in [1.82, 2.24) is 9.97 Å². The molecule has 1 aromatic heterocycles. The van der Waals surface area contributed by atoms with Gasteiger partial charge in [0, 0.05) is 18.5 Å². The van der Waals surface area contributed by atoms with E-state index in [0.29, 0.717) is 0 Å². The Balaban J connectivity index is 1.96. The fourth-order valence-electron chi connectivity index (χ4n) is 2.99. The lowest BCUT2D eigenvalue weighted by atomic mass is 10.00. The van der Waals surface area contributed by atoms with Crippen molar-refractivity contribution in [3.8, 4) is 0 Å². The van der Waals surface area contributed by atoms with Gasteiger partial charge < -0.3 is 15.3 Å². The van der Waals surface area contributed by atoms with Crippen molar-refractivity contribution >= 4 is 22.7 Å². The van der Waals surface area contributed by atoms with Gasteiger partial charge in [-0.1, -0.05) is 26.0 Å². The molecule has 0 amide bonds. The number of fused-ring (bicyclic) bond motifs is 1. The number of aromatic nitrogens is 2. The lowest BCUT2D eigenvalue weighted by Crippen LogP contribution is -2.34. The molecule has 2 N–H and O–H groups in total. The zero-order valence-electron chi connectivity index (χ0n) is 14.0. The Morgan fingerprint density at radius 2 is 2.00 bits per heavy atom. The molecular weight excluding hydrogens is 288 g/mol. The molecule has 0 saturated carbocycles. The van der Waals surface area contributed by atoms with E-state index in [1.54, 1.807) is 0 Å². The van der Waals surface area contributed by atoms with Crippen LogP contribution >= 0.6 is 0 Å². The molecule has 0 radical (unpaired) electrons. The van der Waals surface area contributed by atoms with Crippen molar-refractivity contribution in [2.75, 3.05) is 29.9 Å². The van der Waals surface area contributed by atoms with Crippen LogP contribution in [-0.4, -0.2) is 40.8 Å². The highest BCUT2D eigenvalue weighted by Crippen LogP contribution is 2.26. The van der Waals surface area contributed by atoms with Gasteiger partial charge in [0.1, 0.15) is 5.82 Å². The lowest BCUT2D eigenvalue weighted by molar-refractivity contribution is 0.271. The maximum atomic E-state index is 9.49. The molecular formula is C18H26N4O. The minimum atomic E-state index is 0.0162. The molecule has 1 fully saturated rings. The van der Waals surface area contributed by atoms with E-state index in [-0.39, 0.29) is 12.6 Å². The normalized spacial score (nSPS) is 17.4. The van der Waals surface area contributed by atoms with Crippen molar-refractivity contribution < 1.29 is 5.11 Å². The number of aliphatic hydroxyl groups is 1. The molecule has 23 heavy (non-hydrogen) atoms. The van der Waals surface area contributed by atoms with Gasteiger partial charge in [0.05, 0.1) is 18.2 Å². The number of para-hydroxylation sites is 1. The van der Waals surface area contributed by atoms with E-state index in [4.69, 9.17) is 9.97 Å². The fourth-order valence-corrected chi connectivity index (χ4v) is 2.99. The maximum absolute atomic E-state index is 9.49. The maximum Gasteiger partial charge on any atom is 0.227 e. The topological polar surface area (TPSA) is 61.3 Å². The zero-order valence-corrected chi connectivity index (χ0v) is 14.0. The van der Waals surface area contributed by atoms with Crippen LogP contribution < -0.4 is 10.2 Å². The second-order valence-corrected chi connectivity index (χ2v) is 6.49. The number of anilines is 2. The first kappa shape index (κ1) is 16.0. The summed E-state index contributed by atoms with van der Waals surface area (Å²) in [6.45, 7) is 6.49. The van der Waals surface area contributed by atoms with Gasteiger partial charge in [0.15, 0.2) is 0 Å². The minimum absolute atomic E-state index is 0.0162. The quantitative estimate of drug-likeness (QED) is 0.888. The second kappa shape index (κ2) is 7.13. The standard InChI is InChI=1S/C18H26N4O/c1-3-14(12-23)19-17-15-6-4-5-7-16(15)20-18(21-17)22-10-8-13(2)9-11-22/h4-7,13-14,23H,3,8-12H2,1-2H3,(H,19,20,21).